The van der Waals surface area contributed by atoms with Gasteiger partial charge in [0.2, 0.25) is 0 Å². The smallest absolute Gasteiger partial charge is 0.274 e. The fraction of sp³-hybridized carbons (Fsp3) is 0.400. The van der Waals surface area contributed by atoms with E-state index in [-0.39, 0.29) is 11.7 Å². The number of phenolic OH excluding ortho intramolecular Hbond substituents is 1. The van der Waals surface area contributed by atoms with Crippen LogP contribution in [0, 0.1) is 5.82 Å². The largest absolute Gasteiger partial charge is 0.505 e. The Labute approximate surface area is 278 Å². The highest BCUT2D eigenvalue weighted by Crippen LogP contribution is 2.34. The summed E-state index contributed by atoms with van der Waals surface area (Å²) in [6.07, 6.45) is 7.82. The van der Waals surface area contributed by atoms with Gasteiger partial charge >= 0.3 is 0 Å². The number of carbonyl (C=O) groups excluding carboxylic acids is 1. The molecule has 48 heavy (non-hydrogen) atoms. The summed E-state index contributed by atoms with van der Waals surface area (Å²) in [5, 5.41) is 25.2. The van der Waals surface area contributed by atoms with Gasteiger partial charge in [0.25, 0.3) is 5.91 Å². The van der Waals surface area contributed by atoms with Crippen molar-refractivity contribution in [1.29, 1.82) is 0 Å². The number of carbonyl (C=O) groups is 1. The number of phenols is 1. The zero-order chi connectivity index (χ0) is 33.4. The number of rotatable bonds is 11. The van der Waals surface area contributed by atoms with Crippen LogP contribution in [0.15, 0.2) is 42.7 Å². The molecule has 0 bridgehead atoms. The maximum absolute atomic E-state index is 14.2. The van der Waals surface area contributed by atoms with Crippen molar-refractivity contribution in [1.82, 2.24) is 45.2 Å². The number of fused-ring (bicyclic) bond motifs is 2. The summed E-state index contributed by atoms with van der Waals surface area (Å²) in [6.45, 7) is 4.59. The van der Waals surface area contributed by atoms with Crippen molar-refractivity contribution >= 4 is 22.6 Å². The van der Waals surface area contributed by atoms with Crippen LogP contribution in [-0.2, 0) is 19.4 Å². The van der Waals surface area contributed by atoms with Gasteiger partial charge in [-0.05, 0) is 87.3 Å². The molecule has 13 heteroatoms. The van der Waals surface area contributed by atoms with Crippen molar-refractivity contribution in [2.24, 2.45) is 0 Å². The number of halogens is 1. The molecule has 3 aromatic heterocycles. The average molecular weight is 653 g/mol. The summed E-state index contributed by atoms with van der Waals surface area (Å²) in [5.41, 5.74) is 5.92. The van der Waals surface area contributed by atoms with Crippen molar-refractivity contribution in [3.05, 3.63) is 71.2 Å². The summed E-state index contributed by atoms with van der Waals surface area (Å²) >= 11 is 0. The second-order valence-corrected chi connectivity index (χ2v) is 12.9. The molecule has 0 unspecified atom stereocenters. The molecule has 1 aliphatic carbocycles. The number of nitrogens with zero attached hydrogens (tertiary/aromatic N) is 6. The number of hydrogen-bond acceptors (Lipinski definition) is 9. The highest BCUT2D eigenvalue weighted by molar-refractivity contribution is 5.94. The van der Waals surface area contributed by atoms with Gasteiger partial charge in [-0.25, -0.2) is 19.3 Å². The minimum Gasteiger partial charge on any atom is -0.505 e. The van der Waals surface area contributed by atoms with E-state index in [4.69, 9.17) is 4.98 Å². The van der Waals surface area contributed by atoms with Crippen LogP contribution < -0.4 is 10.6 Å². The highest BCUT2D eigenvalue weighted by atomic mass is 19.1. The second kappa shape index (κ2) is 13.3. The van der Waals surface area contributed by atoms with Crippen molar-refractivity contribution in [3.8, 4) is 28.4 Å². The lowest BCUT2D eigenvalue weighted by Crippen LogP contribution is -2.50. The number of aromatic nitrogens is 6. The molecule has 5 N–H and O–H groups in total. The van der Waals surface area contributed by atoms with Crippen molar-refractivity contribution in [2.45, 2.75) is 57.7 Å². The molecule has 0 radical (unpaired) electrons. The first-order valence-corrected chi connectivity index (χ1v) is 16.6. The summed E-state index contributed by atoms with van der Waals surface area (Å²) in [5.74, 6) is 0.0889. The molecule has 0 saturated heterocycles. The third-order valence-corrected chi connectivity index (χ3v) is 9.58. The van der Waals surface area contributed by atoms with Crippen LogP contribution in [-0.4, -0.2) is 96.8 Å². The number of H-pyrrole nitrogens is 2. The summed E-state index contributed by atoms with van der Waals surface area (Å²) in [7, 11) is 4.27. The zero-order valence-electron chi connectivity index (χ0n) is 27.5. The third-order valence-electron chi connectivity index (χ3n) is 9.58. The topological polar surface area (TPSA) is 151 Å². The fourth-order valence-corrected chi connectivity index (χ4v) is 6.59. The first-order valence-electron chi connectivity index (χ1n) is 16.6. The molecular weight excluding hydrogens is 611 g/mol. The molecular formula is C35H41FN10O2. The quantitative estimate of drug-likeness (QED) is 0.130. The Kier molecular flexibility index (Phi) is 8.80. The molecule has 1 aliphatic heterocycles. The lowest BCUT2D eigenvalue weighted by Gasteiger charge is -2.40. The first-order chi connectivity index (χ1) is 23.3. The number of anilines is 1. The molecule has 7 rings (SSSR count). The minimum absolute atomic E-state index is 0.181. The number of imidazole rings is 1. The Morgan fingerprint density at radius 3 is 2.77 bits per heavy atom. The Bertz CT molecular complexity index is 1930. The van der Waals surface area contributed by atoms with Crippen LogP contribution in [0.2, 0.25) is 0 Å². The van der Waals surface area contributed by atoms with Gasteiger partial charge in [0.15, 0.2) is 17.4 Å². The number of benzene rings is 2. The predicted octanol–water partition coefficient (Wildman–Crippen LogP) is 4.50. The number of hydrogen-bond donors (Lipinski definition) is 5. The van der Waals surface area contributed by atoms with E-state index in [2.05, 4.69) is 54.8 Å². The van der Waals surface area contributed by atoms with Gasteiger partial charge in [0.1, 0.15) is 17.2 Å². The predicted molar refractivity (Wildman–Crippen MR) is 182 cm³/mol. The SMILES string of the molecule is CCc1cc(O)c(F)cc1-c1ccc2c(-c3nc4c([nH]3)CCN(C(=O)c3cnc(NCCCN[C@H]5C[C@@H](N(C)C)C5)cn3)C4)n[nH]c2c1. The van der Waals surface area contributed by atoms with Crippen molar-refractivity contribution < 1.29 is 14.3 Å². The number of aromatic hydroxyl groups is 1. The molecule has 4 heterocycles. The lowest BCUT2D eigenvalue weighted by atomic mass is 9.86. The molecule has 12 nitrogen and oxygen atoms in total. The van der Waals surface area contributed by atoms with Gasteiger partial charge in [-0.2, -0.15) is 5.10 Å². The van der Waals surface area contributed by atoms with E-state index < -0.39 is 5.82 Å². The minimum atomic E-state index is -0.654. The fourth-order valence-electron chi connectivity index (χ4n) is 6.59. The standard InChI is InChI=1S/C35H41FN10O2/c1-4-20-13-31(47)26(36)16-25(20)21-6-7-24-28(12-21)43-44-33(24)34-41-27-8-11-46(19-30(27)42-34)35(48)29-17-40-32(18-39-29)38-10-5-9-37-22-14-23(15-22)45(2)3/h6-7,12-13,16-18,22-23,37,47H,4-5,8-11,14-15,19H2,1-3H3,(H,38,40)(H,41,42)(H,43,44)/t22-,23+. The lowest BCUT2D eigenvalue weighted by molar-refractivity contribution is 0.0725. The number of amides is 1. The van der Waals surface area contributed by atoms with Crippen LogP contribution in [0.25, 0.3) is 33.5 Å². The molecule has 0 atom stereocenters. The van der Waals surface area contributed by atoms with Gasteiger partial charge in [-0.3, -0.25) is 9.89 Å². The monoisotopic (exact) mass is 652 g/mol. The van der Waals surface area contributed by atoms with Gasteiger partial charge in [-0.15, -0.1) is 0 Å². The molecule has 2 aromatic carbocycles. The highest BCUT2D eigenvalue weighted by Gasteiger charge is 2.30. The zero-order valence-corrected chi connectivity index (χ0v) is 27.5. The van der Waals surface area contributed by atoms with E-state index in [1.54, 1.807) is 11.1 Å². The molecule has 1 fully saturated rings. The van der Waals surface area contributed by atoms with Gasteiger partial charge in [0, 0.05) is 42.7 Å². The van der Waals surface area contributed by atoms with Crippen LogP contribution in [0.5, 0.6) is 5.75 Å². The molecule has 2 aliphatic rings. The first kappa shape index (κ1) is 31.7. The van der Waals surface area contributed by atoms with Crippen molar-refractivity contribution in [2.75, 3.05) is 39.0 Å². The summed E-state index contributed by atoms with van der Waals surface area (Å²) in [6, 6.07) is 9.94. The molecule has 1 amide bonds. The number of aryl methyl sites for hydroxylation is 1. The summed E-state index contributed by atoms with van der Waals surface area (Å²) in [4.78, 5) is 34.4. The third kappa shape index (κ3) is 6.35. The van der Waals surface area contributed by atoms with Crippen molar-refractivity contribution in [3.63, 3.8) is 0 Å². The summed E-state index contributed by atoms with van der Waals surface area (Å²) < 4.78 is 14.2. The number of aromatic amines is 2. The van der Waals surface area contributed by atoms with Crippen LogP contribution >= 0.6 is 0 Å². The van der Waals surface area contributed by atoms with E-state index >= 15 is 0 Å². The molecule has 1 saturated carbocycles. The Balaban J connectivity index is 0.959. The number of nitrogens with one attached hydrogen (secondary N) is 4. The Morgan fingerprint density at radius 1 is 1.15 bits per heavy atom. The van der Waals surface area contributed by atoms with E-state index in [0.29, 0.717) is 61.0 Å². The molecule has 250 valence electrons. The Hall–Kier alpha value is -4.88. The average Bonchev–Trinajstić information content (AvgIpc) is 3.69. The van der Waals surface area contributed by atoms with E-state index in [1.807, 2.05) is 25.1 Å². The molecule has 5 aromatic rings. The van der Waals surface area contributed by atoms with E-state index in [9.17, 15) is 14.3 Å². The Morgan fingerprint density at radius 2 is 2.00 bits per heavy atom. The van der Waals surface area contributed by atoms with Gasteiger partial charge < -0.3 is 30.5 Å². The maximum atomic E-state index is 14.2. The molecule has 0 spiro atoms. The second-order valence-electron chi connectivity index (χ2n) is 12.9. The van der Waals surface area contributed by atoms with Crippen LogP contribution in [0.3, 0.4) is 0 Å². The van der Waals surface area contributed by atoms with Gasteiger partial charge in [0.05, 0.1) is 30.1 Å². The maximum Gasteiger partial charge on any atom is 0.274 e. The van der Waals surface area contributed by atoms with E-state index in [0.717, 1.165) is 58.5 Å². The van der Waals surface area contributed by atoms with Crippen LogP contribution in [0.1, 0.15) is 53.6 Å². The van der Waals surface area contributed by atoms with Crippen LogP contribution in [0.4, 0.5) is 10.2 Å². The van der Waals surface area contributed by atoms with E-state index in [1.165, 1.54) is 31.2 Å². The van der Waals surface area contributed by atoms with Gasteiger partial charge in [-0.1, -0.05) is 13.0 Å². The normalized spacial score (nSPS) is 17.5.